The molecule has 2 aromatic carbocycles. The molecule has 2 atom stereocenters. The maximum Gasteiger partial charge on any atom is 0.118 e. The lowest BCUT2D eigenvalue weighted by atomic mass is 9.73. The number of nitrogens with zero attached hydrogens (tertiary/aromatic N) is 1. The quantitative estimate of drug-likeness (QED) is 0.600. The van der Waals surface area contributed by atoms with Gasteiger partial charge in [-0.3, -0.25) is 4.90 Å². The highest BCUT2D eigenvalue weighted by molar-refractivity contribution is 6.30. The second-order valence-corrected chi connectivity index (χ2v) is 9.04. The molecule has 30 heavy (non-hydrogen) atoms. The zero-order valence-electron chi connectivity index (χ0n) is 18.3. The number of aliphatic hydroxyl groups is 1. The number of morpholine rings is 1. The number of hydrogen-bond acceptors (Lipinski definition) is 4. The Morgan fingerprint density at radius 3 is 2.27 bits per heavy atom. The average Bonchev–Trinajstić information content (AvgIpc) is 2.77. The highest BCUT2D eigenvalue weighted by Crippen LogP contribution is 2.43. The van der Waals surface area contributed by atoms with Gasteiger partial charge in [-0.15, -0.1) is 0 Å². The molecule has 164 valence electrons. The predicted molar refractivity (Wildman–Crippen MR) is 122 cm³/mol. The molecule has 1 saturated heterocycles. The second kappa shape index (κ2) is 10.6. The summed E-state index contributed by atoms with van der Waals surface area (Å²) >= 11 is 6.17. The minimum absolute atomic E-state index is 0.0833. The molecule has 1 heterocycles. The first-order valence-electron chi connectivity index (χ1n) is 10.8. The lowest BCUT2D eigenvalue weighted by Crippen LogP contribution is -2.45. The minimum Gasteiger partial charge on any atom is -0.497 e. The van der Waals surface area contributed by atoms with Gasteiger partial charge in [0.25, 0.3) is 0 Å². The monoisotopic (exact) mass is 431 g/mol. The zero-order valence-corrected chi connectivity index (χ0v) is 19.1. The lowest BCUT2D eigenvalue weighted by molar-refractivity contribution is -0.0311. The molecule has 0 amide bonds. The Hall–Kier alpha value is -1.59. The maximum atomic E-state index is 12.3. The first kappa shape index (κ1) is 23.1. The van der Waals surface area contributed by atoms with E-state index in [1.807, 2.05) is 36.4 Å². The van der Waals surface area contributed by atoms with Gasteiger partial charge in [-0.25, -0.2) is 0 Å². The molecule has 1 aliphatic heterocycles. The van der Waals surface area contributed by atoms with Crippen LogP contribution in [-0.4, -0.2) is 50.0 Å². The van der Waals surface area contributed by atoms with Crippen LogP contribution >= 0.6 is 11.6 Å². The zero-order chi connectivity index (χ0) is 21.6. The van der Waals surface area contributed by atoms with E-state index in [0.29, 0.717) is 17.4 Å². The maximum absolute atomic E-state index is 12.3. The number of ether oxygens (including phenoxy) is 2. The van der Waals surface area contributed by atoms with E-state index in [-0.39, 0.29) is 5.92 Å². The summed E-state index contributed by atoms with van der Waals surface area (Å²) in [6, 6.07) is 15.8. The summed E-state index contributed by atoms with van der Waals surface area (Å²) in [6.45, 7) is 8.41. The highest BCUT2D eigenvalue weighted by Gasteiger charge is 2.40. The van der Waals surface area contributed by atoms with Crippen LogP contribution in [-0.2, 0) is 10.3 Å². The summed E-state index contributed by atoms with van der Waals surface area (Å²) < 4.78 is 10.9. The van der Waals surface area contributed by atoms with E-state index in [2.05, 4.69) is 30.9 Å². The number of rotatable bonds is 9. The fourth-order valence-corrected chi connectivity index (χ4v) is 4.30. The number of methoxy groups -OCH3 is 1. The van der Waals surface area contributed by atoms with E-state index in [4.69, 9.17) is 21.1 Å². The Morgan fingerprint density at radius 2 is 1.70 bits per heavy atom. The lowest BCUT2D eigenvalue weighted by Gasteiger charge is -2.41. The van der Waals surface area contributed by atoms with E-state index in [1.54, 1.807) is 7.11 Å². The molecule has 1 fully saturated rings. The minimum atomic E-state index is -0.997. The molecule has 0 bridgehead atoms. The Morgan fingerprint density at radius 1 is 1.07 bits per heavy atom. The van der Waals surface area contributed by atoms with Crippen LogP contribution in [0, 0.1) is 5.92 Å². The fraction of sp³-hybridized carbons (Fsp3) is 0.520. The SMILES string of the molecule is COc1ccc([C@](O)(CCC(C)C)[C@@H](CN2CCOCC2)c2ccc(Cl)cc2)cc1. The van der Waals surface area contributed by atoms with Crippen molar-refractivity contribution in [2.45, 2.75) is 38.2 Å². The molecular weight excluding hydrogens is 398 g/mol. The molecule has 0 unspecified atom stereocenters. The number of benzene rings is 2. The van der Waals surface area contributed by atoms with Gasteiger partial charge in [-0.2, -0.15) is 0 Å². The summed E-state index contributed by atoms with van der Waals surface area (Å²) in [6.07, 6.45) is 1.63. The largest absolute Gasteiger partial charge is 0.497 e. The van der Waals surface area contributed by atoms with Crippen molar-refractivity contribution in [2.75, 3.05) is 40.0 Å². The predicted octanol–water partition coefficient (Wildman–Crippen LogP) is 5.09. The van der Waals surface area contributed by atoms with Gasteiger partial charge in [0.15, 0.2) is 0 Å². The summed E-state index contributed by atoms with van der Waals surface area (Å²) in [5.41, 5.74) is 1.04. The van der Waals surface area contributed by atoms with Gasteiger partial charge < -0.3 is 14.6 Å². The van der Waals surface area contributed by atoms with Gasteiger partial charge >= 0.3 is 0 Å². The van der Waals surface area contributed by atoms with Crippen molar-refractivity contribution in [3.63, 3.8) is 0 Å². The molecule has 5 heteroatoms. The van der Waals surface area contributed by atoms with Crippen LogP contribution in [0.25, 0.3) is 0 Å². The highest BCUT2D eigenvalue weighted by atomic mass is 35.5. The van der Waals surface area contributed by atoms with Crippen molar-refractivity contribution >= 4 is 11.6 Å². The second-order valence-electron chi connectivity index (χ2n) is 8.60. The molecule has 0 saturated carbocycles. The first-order valence-corrected chi connectivity index (χ1v) is 11.2. The van der Waals surface area contributed by atoms with Crippen LogP contribution in [0.15, 0.2) is 48.5 Å². The van der Waals surface area contributed by atoms with Crippen LogP contribution < -0.4 is 4.74 Å². The average molecular weight is 432 g/mol. The molecule has 3 rings (SSSR count). The first-order chi connectivity index (χ1) is 14.4. The van der Waals surface area contributed by atoms with Crippen LogP contribution in [0.4, 0.5) is 0 Å². The number of halogens is 1. The molecular formula is C25H34ClNO3. The topological polar surface area (TPSA) is 41.9 Å². The summed E-state index contributed by atoms with van der Waals surface area (Å²) in [7, 11) is 1.66. The van der Waals surface area contributed by atoms with Crippen molar-refractivity contribution in [1.29, 1.82) is 0 Å². The van der Waals surface area contributed by atoms with E-state index in [0.717, 1.165) is 56.1 Å². The van der Waals surface area contributed by atoms with Gasteiger partial charge in [0.05, 0.1) is 25.9 Å². The Balaban J connectivity index is 2.02. The van der Waals surface area contributed by atoms with Crippen molar-refractivity contribution in [3.05, 3.63) is 64.7 Å². The summed E-state index contributed by atoms with van der Waals surface area (Å²) in [5.74, 6) is 1.21. The molecule has 0 aromatic heterocycles. The summed E-state index contributed by atoms with van der Waals surface area (Å²) in [4.78, 5) is 2.40. The van der Waals surface area contributed by atoms with E-state index >= 15 is 0 Å². The van der Waals surface area contributed by atoms with Crippen molar-refractivity contribution in [2.24, 2.45) is 5.92 Å². The smallest absolute Gasteiger partial charge is 0.118 e. The standard InChI is InChI=1S/C25H34ClNO3/c1-19(2)12-13-25(28,21-6-10-23(29-3)11-7-21)24(18-27-14-16-30-17-15-27)20-4-8-22(26)9-5-20/h4-11,19,24,28H,12-18H2,1-3H3/t24-,25+/m0/s1. The molecule has 0 radical (unpaired) electrons. The van der Waals surface area contributed by atoms with Crippen molar-refractivity contribution in [3.8, 4) is 5.75 Å². The van der Waals surface area contributed by atoms with Gasteiger partial charge in [-0.1, -0.05) is 49.7 Å². The number of hydrogen-bond donors (Lipinski definition) is 1. The molecule has 4 nitrogen and oxygen atoms in total. The molecule has 0 spiro atoms. The van der Waals surface area contributed by atoms with E-state index < -0.39 is 5.60 Å². The third-order valence-electron chi connectivity index (χ3n) is 6.09. The van der Waals surface area contributed by atoms with Crippen molar-refractivity contribution in [1.82, 2.24) is 4.90 Å². The van der Waals surface area contributed by atoms with E-state index in [9.17, 15) is 5.11 Å². The van der Waals surface area contributed by atoms with Crippen LogP contribution in [0.1, 0.15) is 43.7 Å². The van der Waals surface area contributed by atoms with Crippen LogP contribution in [0.3, 0.4) is 0 Å². The van der Waals surface area contributed by atoms with Gasteiger partial charge in [-0.05, 0) is 54.2 Å². The normalized spacial score (nSPS) is 18.2. The Kier molecular flexibility index (Phi) is 8.18. The van der Waals surface area contributed by atoms with Gasteiger partial charge in [0.2, 0.25) is 0 Å². The third kappa shape index (κ3) is 5.76. The Labute approximate surface area is 185 Å². The third-order valence-corrected chi connectivity index (χ3v) is 6.34. The molecule has 0 aliphatic carbocycles. The van der Waals surface area contributed by atoms with Crippen LogP contribution in [0.2, 0.25) is 5.02 Å². The van der Waals surface area contributed by atoms with Crippen LogP contribution in [0.5, 0.6) is 5.75 Å². The van der Waals surface area contributed by atoms with E-state index in [1.165, 1.54) is 0 Å². The molecule has 1 aliphatic rings. The fourth-order valence-electron chi connectivity index (χ4n) is 4.18. The summed E-state index contributed by atoms with van der Waals surface area (Å²) in [5, 5.41) is 13.0. The van der Waals surface area contributed by atoms with Gasteiger partial charge in [0, 0.05) is 30.6 Å². The molecule has 2 aromatic rings. The van der Waals surface area contributed by atoms with Gasteiger partial charge in [0.1, 0.15) is 5.75 Å². The molecule has 1 N–H and O–H groups in total. The Bertz CT molecular complexity index is 772. The van der Waals surface area contributed by atoms with Crippen molar-refractivity contribution < 1.29 is 14.6 Å².